The van der Waals surface area contributed by atoms with Crippen LogP contribution in [-0.4, -0.2) is 46.2 Å². The van der Waals surface area contributed by atoms with Crippen LogP contribution < -0.4 is 19.9 Å². The predicted octanol–water partition coefficient (Wildman–Crippen LogP) is 3.61. The van der Waals surface area contributed by atoms with Gasteiger partial charge in [-0.15, -0.1) is 0 Å². The number of primary sulfonamides is 1. The summed E-state index contributed by atoms with van der Waals surface area (Å²) in [7, 11) is -3.90. The van der Waals surface area contributed by atoms with Crippen LogP contribution in [0.15, 0.2) is 88.4 Å². The van der Waals surface area contributed by atoms with Crippen LogP contribution in [0.2, 0.25) is 0 Å². The van der Waals surface area contributed by atoms with Crippen LogP contribution in [-0.2, 0) is 14.8 Å². The van der Waals surface area contributed by atoms with E-state index >= 15 is 0 Å². The van der Waals surface area contributed by atoms with Gasteiger partial charge < -0.3 is 9.80 Å². The Balaban J connectivity index is 1.27. The highest BCUT2D eigenvalue weighted by Gasteiger charge is 2.29. The Hall–Kier alpha value is -4.02. The first-order chi connectivity index (χ1) is 17.7. The highest BCUT2D eigenvalue weighted by Crippen LogP contribution is 2.27. The summed E-state index contributed by atoms with van der Waals surface area (Å²) in [6.45, 7) is 5.10. The van der Waals surface area contributed by atoms with Crippen molar-refractivity contribution in [2.45, 2.75) is 11.8 Å². The van der Waals surface area contributed by atoms with E-state index in [2.05, 4.69) is 14.9 Å². The van der Waals surface area contributed by atoms with Crippen molar-refractivity contribution in [3.63, 3.8) is 0 Å². The second-order valence-electron chi connectivity index (χ2n) is 8.94. The molecule has 0 saturated carbocycles. The number of halogens is 1. The smallest absolute Gasteiger partial charge is 0.280 e. The normalized spacial score (nSPS) is 17.5. The summed E-state index contributed by atoms with van der Waals surface area (Å²) in [5.41, 5.74) is 4.26. The van der Waals surface area contributed by atoms with Gasteiger partial charge in [0.2, 0.25) is 10.0 Å². The maximum Gasteiger partial charge on any atom is 0.280 e. The van der Waals surface area contributed by atoms with Crippen LogP contribution in [0.5, 0.6) is 0 Å². The van der Waals surface area contributed by atoms with Crippen LogP contribution in [0.25, 0.3) is 6.08 Å². The first-order valence-corrected chi connectivity index (χ1v) is 13.3. The third kappa shape index (κ3) is 5.25. The van der Waals surface area contributed by atoms with E-state index in [0.29, 0.717) is 17.0 Å². The third-order valence-corrected chi connectivity index (χ3v) is 7.40. The molecule has 0 bridgehead atoms. The Labute approximate surface area is 215 Å². The number of hydrogen-bond acceptors (Lipinski definition) is 6. The fourth-order valence-electron chi connectivity index (χ4n) is 4.47. The molecule has 2 heterocycles. The summed E-state index contributed by atoms with van der Waals surface area (Å²) in [5, 5.41) is 10.7. The summed E-state index contributed by atoms with van der Waals surface area (Å²) >= 11 is 0. The SMILES string of the molecule is CC1=NN(c2cccc(S(N)(=O)=O)c2)C(=O)/C1=C\c1ccc(N2CCN(c3ccc(F)cc3)CC2)cc1. The molecule has 5 rings (SSSR count). The molecule has 0 spiro atoms. The largest absolute Gasteiger partial charge is 0.368 e. The first-order valence-electron chi connectivity index (χ1n) is 11.8. The van der Waals surface area contributed by atoms with Crippen molar-refractivity contribution in [2.24, 2.45) is 10.2 Å². The molecule has 0 radical (unpaired) electrons. The molecular weight excluding hydrogens is 493 g/mol. The Bertz CT molecular complexity index is 1490. The Morgan fingerprint density at radius 1 is 0.865 bits per heavy atom. The van der Waals surface area contributed by atoms with Crippen molar-refractivity contribution in [2.75, 3.05) is 41.0 Å². The summed E-state index contributed by atoms with van der Waals surface area (Å²) in [6.07, 6.45) is 1.78. The maximum atomic E-state index is 13.2. The van der Waals surface area contributed by atoms with Crippen molar-refractivity contribution in [3.8, 4) is 0 Å². The minimum atomic E-state index is -3.90. The second kappa shape index (κ2) is 9.79. The van der Waals surface area contributed by atoms with Gasteiger partial charge in [-0.05, 0) is 73.2 Å². The molecule has 37 heavy (non-hydrogen) atoms. The van der Waals surface area contributed by atoms with Gasteiger partial charge in [-0.25, -0.2) is 17.9 Å². The zero-order chi connectivity index (χ0) is 26.2. The van der Waals surface area contributed by atoms with Crippen LogP contribution in [0, 0.1) is 5.82 Å². The number of nitrogens with zero attached hydrogens (tertiary/aromatic N) is 4. The number of carbonyl (C=O) groups is 1. The molecule has 0 aromatic heterocycles. The van der Waals surface area contributed by atoms with Crippen molar-refractivity contribution >= 4 is 44.8 Å². The fraction of sp³-hybridized carbons (Fsp3) is 0.185. The van der Waals surface area contributed by atoms with Crippen molar-refractivity contribution in [1.82, 2.24) is 0 Å². The van der Waals surface area contributed by atoms with Crippen LogP contribution in [0.4, 0.5) is 21.5 Å². The molecule has 1 saturated heterocycles. The standard InChI is InChI=1S/C27H26FN5O3S/c1-19-26(27(34)33(30-19)24-3-2-4-25(18-24)37(29,35)36)17-20-5-9-22(10-6-20)31-13-15-32(16-14-31)23-11-7-21(28)8-12-23/h2-12,17-18H,13-16H2,1H3,(H2,29,35,36)/b26-17-. The average molecular weight is 520 g/mol. The molecule has 10 heteroatoms. The van der Waals surface area contributed by atoms with E-state index in [1.54, 1.807) is 31.2 Å². The van der Waals surface area contributed by atoms with E-state index in [9.17, 15) is 17.6 Å². The van der Waals surface area contributed by atoms with Crippen LogP contribution in [0.1, 0.15) is 12.5 Å². The Kier molecular flexibility index (Phi) is 6.53. The first kappa shape index (κ1) is 24.7. The summed E-state index contributed by atoms with van der Waals surface area (Å²) in [5.74, 6) is -0.577. The number of benzene rings is 3. The molecule has 3 aromatic carbocycles. The third-order valence-electron chi connectivity index (χ3n) is 6.49. The molecule has 0 unspecified atom stereocenters. The van der Waals surface area contributed by atoms with Gasteiger partial charge in [0.15, 0.2) is 0 Å². The average Bonchev–Trinajstić information content (AvgIpc) is 3.18. The molecule has 1 amide bonds. The van der Waals surface area contributed by atoms with Gasteiger partial charge in [-0.3, -0.25) is 4.79 Å². The molecule has 2 N–H and O–H groups in total. The van der Waals surface area contributed by atoms with Crippen molar-refractivity contribution < 1.29 is 17.6 Å². The highest BCUT2D eigenvalue weighted by atomic mass is 32.2. The molecule has 1 fully saturated rings. The quantitative estimate of drug-likeness (QED) is 0.520. The van der Waals surface area contributed by atoms with Crippen molar-refractivity contribution in [1.29, 1.82) is 0 Å². The van der Waals surface area contributed by atoms with E-state index in [1.807, 2.05) is 24.3 Å². The van der Waals surface area contributed by atoms with Crippen LogP contribution in [0.3, 0.4) is 0 Å². The lowest BCUT2D eigenvalue weighted by atomic mass is 10.1. The zero-order valence-electron chi connectivity index (χ0n) is 20.2. The highest BCUT2D eigenvalue weighted by molar-refractivity contribution is 7.89. The van der Waals surface area contributed by atoms with Crippen molar-refractivity contribution in [3.05, 3.63) is 89.8 Å². The molecule has 0 aliphatic carbocycles. The summed E-state index contributed by atoms with van der Waals surface area (Å²) in [6, 6.07) is 20.4. The number of hydrogen-bond donors (Lipinski definition) is 1. The monoisotopic (exact) mass is 519 g/mol. The minimum Gasteiger partial charge on any atom is -0.368 e. The lowest BCUT2D eigenvalue weighted by Crippen LogP contribution is -2.46. The number of amides is 1. The maximum absolute atomic E-state index is 13.2. The number of anilines is 3. The molecular formula is C27H26FN5O3S. The van der Waals surface area contributed by atoms with Gasteiger partial charge in [0.05, 0.1) is 21.9 Å². The van der Waals surface area contributed by atoms with E-state index in [-0.39, 0.29) is 16.6 Å². The Morgan fingerprint density at radius 3 is 2.00 bits per heavy atom. The van der Waals surface area contributed by atoms with E-state index < -0.39 is 10.0 Å². The molecule has 2 aliphatic rings. The summed E-state index contributed by atoms with van der Waals surface area (Å²) < 4.78 is 36.6. The lowest BCUT2D eigenvalue weighted by molar-refractivity contribution is -0.114. The number of nitrogens with two attached hydrogens (primary N) is 1. The zero-order valence-corrected chi connectivity index (χ0v) is 21.0. The van der Waals surface area contributed by atoms with Gasteiger partial charge in [-0.1, -0.05) is 18.2 Å². The van der Waals surface area contributed by atoms with Gasteiger partial charge in [0.25, 0.3) is 5.91 Å². The number of piperazine rings is 1. The second-order valence-corrected chi connectivity index (χ2v) is 10.5. The van der Waals surface area contributed by atoms with Crippen LogP contribution >= 0.6 is 0 Å². The predicted molar refractivity (Wildman–Crippen MR) is 144 cm³/mol. The Morgan fingerprint density at radius 2 is 1.43 bits per heavy atom. The molecule has 0 atom stereocenters. The molecule has 2 aliphatic heterocycles. The topological polar surface area (TPSA) is 99.3 Å². The number of sulfonamides is 1. The van der Waals surface area contributed by atoms with E-state index in [4.69, 9.17) is 5.14 Å². The molecule has 8 nitrogen and oxygen atoms in total. The minimum absolute atomic E-state index is 0.0860. The fourth-order valence-corrected chi connectivity index (χ4v) is 5.03. The van der Waals surface area contributed by atoms with E-state index in [1.165, 1.54) is 35.3 Å². The number of hydrazone groups is 1. The van der Waals surface area contributed by atoms with Gasteiger partial charge >= 0.3 is 0 Å². The molecule has 3 aromatic rings. The van der Waals surface area contributed by atoms with E-state index in [0.717, 1.165) is 43.1 Å². The van der Waals surface area contributed by atoms with Gasteiger partial charge in [0.1, 0.15) is 5.82 Å². The number of carbonyl (C=O) groups excluding carboxylic acids is 1. The number of rotatable bonds is 5. The molecule has 190 valence electrons. The van der Waals surface area contributed by atoms with Gasteiger partial charge in [-0.2, -0.15) is 10.1 Å². The summed E-state index contributed by atoms with van der Waals surface area (Å²) in [4.78, 5) is 17.5. The lowest BCUT2D eigenvalue weighted by Gasteiger charge is -2.37. The van der Waals surface area contributed by atoms with Gasteiger partial charge in [0, 0.05) is 37.6 Å².